The second-order valence-corrected chi connectivity index (χ2v) is 6.22. The molecule has 0 heterocycles. The predicted octanol–water partition coefficient (Wildman–Crippen LogP) is 1.03. The lowest BCUT2D eigenvalue weighted by atomic mass is 10.3. The first-order valence-electron chi connectivity index (χ1n) is 6.45. The molecule has 0 amide bonds. The Morgan fingerprint density at radius 2 is 2.05 bits per heavy atom. The molecule has 118 valence electrons. The molecule has 0 fully saturated rings. The third kappa shape index (κ3) is 3.90. The Kier molecular flexibility index (Phi) is 6.06. The summed E-state index contributed by atoms with van der Waals surface area (Å²) in [6, 6.07) is 3.82. The number of hydrogen-bond acceptors (Lipinski definition) is 6. The molecule has 0 aromatic heterocycles. The summed E-state index contributed by atoms with van der Waals surface area (Å²) in [5.74, 6) is 0. The molecule has 8 nitrogen and oxygen atoms in total. The fourth-order valence-corrected chi connectivity index (χ4v) is 3.59. The Balaban J connectivity index is 3.42. The maximum Gasteiger partial charge on any atom is 0.289 e. The number of nitrogens with zero attached hydrogens (tertiary/aromatic N) is 2. The van der Waals surface area contributed by atoms with Crippen molar-refractivity contribution in [2.45, 2.75) is 18.2 Å². The second kappa shape index (κ2) is 7.34. The van der Waals surface area contributed by atoms with E-state index in [4.69, 9.17) is 5.11 Å². The van der Waals surface area contributed by atoms with Gasteiger partial charge >= 0.3 is 0 Å². The minimum atomic E-state index is -4.04. The maximum absolute atomic E-state index is 12.6. The van der Waals surface area contributed by atoms with Crippen molar-refractivity contribution in [3.8, 4) is 0 Å². The number of nitro groups is 1. The van der Waals surface area contributed by atoms with Gasteiger partial charge in [0, 0.05) is 31.9 Å². The average Bonchev–Trinajstić information content (AvgIpc) is 2.46. The van der Waals surface area contributed by atoms with E-state index in [2.05, 4.69) is 5.32 Å². The van der Waals surface area contributed by atoms with Gasteiger partial charge in [-0.05, 0) is 18.6 Å². The summed E-state index contributed by atoms with van der Waals surface area (Å²) in [6.45, 7) is 1.53. The summed E-state index contributed by atoms with van der Waals surface area (Å²) >= 11 is 0. The van der Waals surface area contributed by atoms with Crippen molar-refractivity contribution in [3.63, 3.8) is 0 Å². The zero-order chi connectivity index (χ0) is 16.0. The molecule has 0 unspecified atom stereocenters. The molecule has 2 N–H and O–H groups in total. The van der Waals surface area contributed by atoms with Crippen LogP contribution in [0.4, 0.5) is 11.4 Å². The van der Waals surface area contributed by atoms with E-state index in [-0.39, 0.29) is 24.6 Å². The molecule has 0 radical (unpaired) electrons. The molecule has 21 heavy (non-hydrogen) atoms. The fraction of sp³-hybridized carbons (Fsp3) is 0.500. The summed E-state index contributed by atoms with van der Waals surface area (Å²) in [5, 5.41) is 22.8. The summed E-state index contributed by atoms with van der Waals surface area (Å²) in [4.78, 5) is 9.96. The first kappa shape index (κ1) is 17.3. The van der Waals surface area contributed by atoms with Gasteiger partial charge in [0.2, 0.25) is 10.0 Å². The number of anilines is 1. The summed E-state index contributed by atoms with van der Waals surface area (Å²) in [7, 11) is -2.45. The molecule has 0 saturated heterocycles. The monoisotopic (exact) mass is 317 g/mol. The molecular formula is C12H19N3O5S. The number of hydrogen-bond donors (Lipinski definition) is 2. The van der Waals surface area contributed by atoms with E-state index in [1.54, 1.807) is 14.0 Å². The van der Waals surface area contributed by atoms with Crippen molar-refractivity contribution in [1.82, 2.24) is 4.31 Å². The lowest BCUT2D eigenvalue weighted by Gasteiger charge is -2.20. The van der Waals surface area contributed by atoms with Gasteiger partial charge < -0.3 is 10.4 Å². The zero-order valence-electron chi connectivity index (χ0n) is 11.9. The lowest BCUT2D eigenvalue weighted by molar-refractivity contribution is -0.387. The van der Waals surface area contributed by atoms with Crippen LogP contribution in [0.3, 0.4) is 0 Å². The zero-order valence-corrected chi connectivity index (χ0v) is 12.8. The minimum absolute atomic E-state index is 0.100. The van der Waals surface area contributed by atoms with Crippen LogP contribution in [0.25, 0.3) is 0 Å². The van der Waals surface area contributed by atoms with Gasteiger partial charge in [0.1, 0.15) is 0 Å². The summed E-state index contributed by atoms with van der Waals surface area (Å²) in [6.07, 6.45) is 0.540. The van der Waals surface area contributed by atoms with Crippen LogP contribution in [-0.2, 0) is 10.0 Å². The second-order valence-electron chi connectivity index (χ2n) is 4.32. The Bertz CT molecular complexity index is 597. The molecule has 0 aliphatic rings. The Morgan fingerprint density at radius 3 is 2.52 bits per heavy atom. The highest BCUT2D eigenvalue weighted by molar-refractivity contribution is 7.89. The van der Waals surface area contributed by atoms with E-state index in [0.717, 1.165) is 10.4 Å². The lowest BCUT2D eigenvalue weighted by Crippen LogP contribution is -2.34. The van der Waals surface area contributed by atoms with Gasteiger partial charge in [-0.2, -0.15) is 4.31 Å². The largest absolute Gasteiger partial charge is 0.395 e. The van der Waals surface area contributed by atoms with Crippen LogP contribution in [0.15, 0.2) is 23.1 Å². The molecular weight excluding hydrogens is 298 g/mol. The van der Waals surface area contributed by atoms with Crippen molar-refractivity contribution in [2.75, 3.05) is 32.1 Å². The van der Waals surface area contributed by atoms with Crippen LogP contribution in [0, 0.1) is 10.1 Å². The van der Waals surface area contributed by atoms with Crippen LogP contribution >= 0.6 is 0 Å². The van der Waals surface area contributed by atoms with E-state index in [1.807, 2.05) is 0 Å². The van der Waals surface area contributed by atoms with Gasteiger partial charge in [0.25, 0.3) is 5.69 Å². The van der Waals surface area contributed by atoms with E-state index < -0.39 is 20.6 Å². The normalized spacial score (nSPS) is 11.6. The quantitative estimate of drug-likeness (QED) is 0.547. The van der Waals surface area contributed by atoms with E-state index >= 15 is 0 Å². The van der Waals surface area contributed by atoms with Gasteiger partial charge in [0.05, 0.1) is 11.5 Å². The summed E-state index contributed by atoms with van der Waals surface area (Å²) in [5.41, 5.74) is -0.0207. The van der Waals surface area contributed by atoms with Gasteiger partial charge in [0.15, 0.2) is 4.90 Å². The smallest absolute Gasteiger partial charge is 0.289 e. The highest BCUT2D eigenvalue weighted by atomic mass is 32.2. The predicted molar refractivity (Wildman–Crippen MR) is 78.8 cm³/mol. The van der Waals surface area contributed by atoms with Gasteiger partial charge in [-0.3, -0.25) is 10.1 Å². The minimum Gasteiger partial charge on any atom is -0.395 e. The van der Waals surface area contributed by atoms with Crippen molar-refractivity contribution >= 4 is 21.4 Å². The number of aliphatic hydroxyl groups excluding tert-OH is 1. The molecule has 1 aromatic carbocycles. The number of nitrogens with one attached hydrogen (secondary N) is 1. The Morgan fingerprint density at radius 1 is 1.38 bits per heavy atom. The van der Waals surface area contributed by atoms with Crippen molar-refractivity contribution in [2.24, 2.45) is 0 Å². The first-order valence-corrected chi connectivity index (χ1v) is 7.89. The van der Waals surface area contributed by atoms with Crippen molar-refractivity contribution in [3.05, 3.63) is 28.3 Å². The number of nitro benzene ring substituents is 1. The number of rotatable bonds is 8. The molecule has 1 rings (SSSR count). The Hall–Kier alpha value is -1.71. The third-order valence-corrected chi connectivity index (χ3v) is 4.81. The van der Waals surface area contributed by atoms with Crippen molar-refractivity contribution < 1.29 is 18.4 Å². The van der Waals surface area contributed by atoms with Crippen LogP contribution < -0.4 is 5.32 Å². The standard InChI is InChI=1S/C12H19N3O5S/c1-3-6-14(7-8-16)21(19,20)12-9-10(13-2)4-5-11(12)15(17)18/h4-5,9,13,16H,3,6-8H2,1-2H3. The van der Waals surface area contributed by atoms with E-state index in [9.17, 15) is 18.5 Å². The fourth-order valence-electron chi connectivity index (χ4n) is 1.88. The Labute approximate surface area is 123 Å². The molecule has 0 spiro atoms. The van der Waals surface area contributed by atoms with Crippen LogP contribution in [0.2, 0.25) is 0 Å². The maximum atomic E-state index is 12.6. The van der Waals surface area contributed by atoms with Crippen LogP contribution in [0.5, 0.6) is 0 Å². The van der Waals surface area contributed by atoms with E-state index in [1.165, 1.54) is 12.1 Å². The van der Waals surface area contributed by atoms with Gasteiger partial charge in [-0.25, -0.2) is 8.42 Å². The van der Waals surface area contributed by atoms with Crippen molar-refractivity contribution in [1.29, 1.82) is 0 Å². The number of sulfonamides is 1. The molecule has 0 aliphatic heterocycles. The number of benzene rings is 1. The molecule has 0 aliphatic carbocycles. The average molecular weight is 317 g/mol. The van der Waals surface area contributed by atoms with Gasteiger partial charge in [-0.15, -0.1) is 0 Å². The molecule has 0 bridgehead atoms. The first-order chi connectivity index (χ1) is 9.88. The van der Waals surface area contributed by atoms with Crippen LogP contribution in [0.1, 0.15) is 13.3 Å². The number of aliphatic hydroxyl groups is 1. The van der Waals surface area contributed by atoms with Crippen LogP contribution in [-0.4, -0.2) is 49.5 Å². The molecule has 1 aromatic rings. The summed E-state index contributed by atoms with van der Waals surface area (Å²) < 4.78 is 26.2. The van der Waals surface area contributed by atoms with Gasteiger partial charge in [-0.1, -0.05) is 6.92 Å². The highest BCUT2D eigenvalue weighted by Gasteiger charge is 2.31. The molecule has 0 atom stereocenters. The topological polar surface area (TPSA) is 113 Å². The molecule has 9 heteroatoms. The SMILES string of the molecule is CCCN(CCO)S(=O)(=O)c1cc(NC)ccc1[N+](=O)[O-]. The third-order valence-electron chi connectivity index (χ3n) is 2.89. The molecule has 0 saturated carbocycles. The van der Waals surface area contributed by atoms with E-state index in [0.29, 0.717) is 12.1 Å². The highest BCUT2D eigenvalue weighted by Crippen LogP contribution is 2.29.